The largest absolute Gasteiger partial charge is 0.350 e. The van der Waals surface area contributed by atoms with Crippen LogP contribution in [0.25, 0.3) is 33.1 Å². The van der Waals surface area contributed by atoms with Crippen LogP contribution in [0, 0.1) is 0 Å². The topological polar surface area (TPSA) is 55.6 Å². The summed E-state index contributed by atoms with van der Waals surface area (Å²) >= 11 is 6.29. The Balaban J connectivity index is 1.53. The van der Waals surface area contributed by atoms with Crippen LogP contribution in [0.3, 0.4) is 0 Å². The van der Waals surface area contributed by atoms with Gasteiger partial charge in [-0.2, -0.15) is 0 Å². The Morgan fingerprint density at radius 1 is 0.929 bits per heavy atom. The maximum absolute atomic E-state index is 6.29. The van der Waals surface area contributed by atoms with Crippen molar-refractivity contribution in [3.8, 4) is 11.3 Å². The van der Waals surface area contributed by atoms with Gasteiger partial charge in [0, 0.05) is 53.2 Å². The zero-order valence-corrected chi connectivity index (χ0v) is 15.9. The molecule has 0 aliphatic heterocycles. The molecular weight excluding hydrogens is 370 g/mol. The minimum Gasteiger partial charge on any atom is -0.350 e. The van der Waals surface area contributed by atoms with E-state index in [0.717, 1.165) is 27.8 Å². The normalized spacial score (nSPS) is 11.2. The Hall–Kier alpha value is -3.44. The SMILES string of the molecule is Cn1cc(-c2ccnc(Nc3ccc4nccc(Cl)c4c3)n2)c2ccccc21. The molecule has 0 fully saturated rings. The fraction of sp³-hybridized carbons (Fsp3) is 0.0455. The second-order valence-electron chi connectivity index (χ2n) is 6.59. The molecule has 0 aliphatic rings. The van der Waals surface area contributed by atoms with Gasteiger partial charge in [0.25, 0.3) is 0 Å². The molecule has 3 heterocycles. The van der Waals surface area contributed by atoms with Crippen LogP contribution in [0.4, 0.5) is 11.6 Å². The van der Waals surface area contributed by atoms with Gasteiger partial charge in [0.2, 0.25) is 5.95 Å². The van der Waals surface area contributed by atoms with Crippen molar-refractivity contribution in [2.75, 3.05) is 5.32 Å². The molecule has 0 radical (unpaired) electrons. The Bertz CT molecular complexity index is 1330. The van der Waals surface area contributed by atoms with Crippen molar-refractivity contribution < 1.29 is 0 Å². The molecule has 0 saturated heterocycles. The van der Waals surface area contributed by atoms with Crippen LogP contribution >= 0.6 is 11.6 Å². The molecule has 1 N–H and O–H groups in total. The summed E-state index contributed by atoms with van der Waals surface area (Å²) in [6.07, 6.45) is 5.56. The van der Waals surface area contributed by atoms with E-state index >= 15 is 0 Å². The first-order valence-corrected chi connectivity index (χ1v) is 9.25. The minimum atomic E-state index is 0.532. The van der Waals surface area contributed by atoms with Crippen molar-refractivity contribution in [3.05, 3.63) is 78.2 Å². The first-order chi connectivity index (χ1) is 13.7. The second-order valence-corrected chi connectivity index (χ2v) is 6.99. The van der Waals surface area contributed by atoms with E-state index in [9.17, 15) is 0 Å². The monoisotopic (exact) mass is 385 g/mol. The number of benzene rings is 2. The molecule has 2 aromatic carbocycles. The lowest BCUT2D eigenvalue weighted by Gasteiger charge is -2.08. The van der Waals surface area contributed by atoms with E-state index in [-0.39, 0.29) is 0 Å². The highest BCUT2D eigenvalue weighted by molar-refractivity contribution is 6.35. The van der Waals surface area contributed by atoms with Crippen LogP contribution in [0.1, 0.15) is 0 Å². The molecule has 136 valence electrons. The number of para-hydroxylation sites is 1. The number of aromatic nitrogens is 4. The van der Waals surface area contributed by atoms with Crippen molar-refractivity contribution in [3.63, 3.8) is 0 Å². The number of hydrogen-bond donors (Lipinski definition) is 1. The van der Waals surface area contributed by atoms with Gasteiger partial charge in [0.05, 0.1) is 16.2 Å². The van der Waals surface area contributed by atoms with E-state index in [2.05, 4.69) is 38.2 Å². The van der Waals surface area contributed by atoms with Gasteiger partial charge in [-0.3, -0.25) is 4.98 Å². The van der Waals surface area contributed by atoms with E-state index in [1.54, 1.807) is 18.5 Å². The molecule has 5 aromatic rings. The summed E-state index contributed by atoms with van der Waals surface area (Å²) in [5.74, 6) is 0.532. The average Bonchev–Trinajstić information content (AvgIpc) is 3.06. The fourth-order valence-electron chi connectivity index (χ4n) is 3.43. The standard InChI is InChI=1S/C22H16ClN5/c1-28-13-17(15-4-2-3-5-21(15)28)20-9-11-25-22(27-20)26-14-6-7-19-16(12-14)18(23)8-10-24-19/h2-13H,1H3,(H,25,26,27). The van der Waals surface area contributed by atoms with Gasteiger partial charge >= 0.3 is 0 Å². The summed E-state index contributed by atoms with van der Waals surface area (Å²) in [7, 11) is 2.04. The Kier molecular flexibility index (Phi) is 3.95. The van der Waals surface area contributed by atoms with E-state index in [4.69, 9.17) is 16.6 Å². The molecule has 0 saturated carbocycles. The maximum atomic E-state index is 6.29. The second kappa shape index (κ2) is 6.62. The number of anilines is 2. The van der Waals surface area contributed by atoms with Gasteiger partial charge in [0.15, 0.2) is 0 Å². The molecule has 5 rings (SSSR count). The lowest BCUT2D eigenvalue weighted by atomic mass is 10.1. The van der Waals surface area contributed by atoms with Crippen LogP contribution < -0.4 is 5.32 Å². The third-order valence-electron chi connectivity index (χ3n) is 4.77. The summed E-state index contributed by atoms with van der Waals surface area (Å²) < 4.78 is 2.11. The number of nitrogens with zero attached hydrogens (tertiary/aromatic N) is 4. The van der Waals surface area contributed by atoms with Crippen LogP contribution in [0.2, 0.25) is 5.02 Å². The number of pyridine rings is 1. The molecule has 0 aliphatic carbocycles. The summed E-state index contributed by atoms with van der Waals surface area (Å²) in [6.45, 7) is 0. The minimum absolute atomic E-state index is 0.532. The summed E-state index contributed by atoms with van der Waals surface area (Å²) in [6, 6.07) is 17.8. The van der Waals surface area contributed by atoms with E-state index in [0.29, 0.717) is 11.0 Å². The summed E-state index contributed by atoms with van der Waals surface area (Å²) in [4.78, 5) is 13.4. The number of rotatable bonds is 3. The van der Waals surface area contributed by atoms with Crippen molar-refractivity contribution >= 4 is 45.0 Å². The molecule has 0 spiro atoms. The highest BCUT2D eigenvalue weighted by Crippen LogP contribution is 2.30. The van der Waals surface area contributed by atoms with Gasteiger partial charge < -0.3 is 9.88 Å². The molecule has 0 atom stereocenters. The smallest absolute Gasteiger partial charge is 0.227 e. The molecular formula is C22H16ClN5. The van der Waals surface area contributed by atoms with E-state index < -0.39 is 0 Å². The number of hydrogen-bond acceptors (Lipinski definition) is 4. The first kappa shape index (κ1) is 16.7. The molecule has 0 amide bonds. The maximum Gasteiger partial charge on any atom is 0.227 e. The lowest BCUT2D eigenvalue weighted by molar-refractivity contribution is 0.969. The third kappa shape index (κ3) is 2.86. The molecule has 3 aromatic heterocycles. The van der Waals surface area contributed by atoms with Gasteiger partial charge in [-0.25, -0.2) is 9.97 Å². The van der Waals surface area contributed by atoms with Crippen LogP contribution in [0.15, 0.2) is 73.2 Å². The molecule has 0 unspecified atom stereocenters. The Morgan fingerprint density at radius 2 is 1.79 bits per heavy atom. The predicted octanol–water partition coefficient (Wildman–Crippen LogP) is 5.58. The van der Waals surface area contributed by atoms with Crippen LogP contribution in [-0.2, 0) is 7.05 Å². The van der Waals surface area contributed by atoms with Gasteiger partial charge in [-0.15, -0.1) is 0 Å². The van der Waals surface area contributed by atoms with Crippen molar-refractivity contribution in [2.24, 2.45) is 7.05 Å². The number of nitrogens with one attached hydrogen (secondary N) is 1. The third-order valence-corrected chi connectivity index (χ3v) is 5.10. The zero-order valence-electron chi connectivity index (χ0n) is 15.1. The summed E-state index contributed by atoms with van der Waals surface area (Å²) in [5.41, 5.74) is 4.83. The Morgan fingerprint density at radius 3 is 2.71 bits per heavy atom. The van der Waals surface area contributed by atoms with Crippen LogP contribution in [-0.4, -0.2) is 19.5 Å². The molecule has 5 nitrogen and oxygen atoms in total. The Labute approximate surface area is 166 Å². The molecule has 6 heteroatoms. The van der Waals surface area contributed by atoms with Crippen LogP contribution in [0.5, 0.6) is 0 Å². The van der Waals surface area contributed by atoms with Gasteiger partial charge in [-0.05, 0) is 36.4 Å². The van der Waals surface area contributed by atoms with Gasteiger partial charge in [-0.1, -0.05) is 29.8 Å². The first-order valence-electron chi connectivity index (χ1n) is 8.88. The van der Waals surface area contributed by atoms with E-state index in [1.807, 2.05) is 43.4 Å². The van der Waals surface area contributed by atoms with E-state index in [1.165, 1.54) is 10.9 Å². The fourth-order valence-corrected chi connectivity index (χ4v) is 3.64. The predicted molar refractivity (Wildman–Crippen MR) is 114 cm³/mol. The number of halogens is 1. The van der Waals surface area contributed by atoms with Crippen molar-refractivity contribution in [1.29, 1.82) is 0 Å². The van der Waals surface area contributed by atoms with Gasteiger partial charge in [0.1, 0.15) is 0 Å². The summed E-state index contributed by atoms with van der Waals surface area (Å²) in [5, 5.41) is 5.99. The molecule has 0 bridgehead atoms. The lowest BCUT2D eigenvalue weighted by Crippen LogP contribution is -1.98. The highest BCUT2D eigenvalue weighted by Gasteiger charge is 2.11. The zero-order chi connectivity index (χ0) is 19.1. The highest BCUT2D eigenvalue weighted by atomic mass is 35.5. The average molecular weight is 386 g/mol. The van der Waals surface area contributed by atoms with Crippen molar-refractivity contribution in [2.45, 2.75) is 0 Å². The quantitative estimate of drug-likeness (QED) is 0.440. The number of aryl methyl sites for hydroxylation is 1. The number of fused-ring (bicyclic) bond motifs is 2. The van der Waals surface area contributed by atoms with Crippen molar-refractivity contribution in [1.82, 2.24) is 19.5 Å². The molecule has 28 heavy (non-hydrogen) atoms.